The fraction of sp³-hybridized carbons (Fsp3) is 0.300. The van der Waals surface area contributed by atoms with Crippen LogP contribution in [0.3, 0.4) is 0 Å². The van der Waals surface area contributed by atoms with Gasteiger partial charge in [-0.3, -0.25) is 0 Å². The molecule has 0 atom stereocenters. The molecular formula is C10H11NS2. The first kappa shape index (κ1) is 9.03. The lowest BCUT2D eigenvalue weighted by Crippen LogP contribution is -2.22. The number of nitrogens with zero attached hydrogens (tertiary/aromatic N) is 1. The van der Waals surface area contributed by atoms with Crippen LogP contribution >= 0.6 is 24.0 Å². The maximum absolute atomic E-state index is 5.27. The van der Waals surface area contributed by atoms with Crippen molar-refractivity contribution in [3.05, 3.63) is 29.8 Å². The van der Waals surface area contributed by atoms with Gasteiger partial charge in [0, 0.05) is 18.0 Å². The first-order chi connectivity index (χ1) is 6.29. The number of benzene rings is 1. The van der Waals surface area contributed by atoms with Gasteiger partial charge in [-0.15, -0.1) is 0 Å². The molecular weight excluding hydrogens is 198 g/mol. The summed E-state index contributed by atoms with van der Waals surface area (Å²) in [6.07, 6.45) is 0. The van der Waals surface area contributed by atoms with Crippen LogP contribution in [-0.2, 0) is 0 Å². The molecule has 0 saturated carbocycles. The fourth-order valence-corrected chi connectivity index (χ4v) is 2.71. The second-order valence-electron chi connectivity index (χ2n) is 3.05. The first-order valence-corrected chi connectivity index (χ1v) is 5.68. The maximum Gasteiger partial charge on any atom is 0.140 e. The SMILES string of the molecule is Cc1ccccc1N1CCSC1=S. The summed E-state index contributed by atoms with van der Waals surface area (Å²) < 4.78 is 1.01. The van der Waals surface area contributed by atoms with Crippen molar-refractivity contribution in [2.24, 2.45) is 0 Å². The number of hydrogen-bond acceptors (Lipinski definition) is 2. The monoisotopic (exact) mass is 209 g/mol. The van der Waals surface area contributed by atoms with E-state index in [1.807, 2.05) is 0 Å². The number of anilines is 1. The first-order valence-electron chi connectivity index (χ1n) is 4.29. The predicted molar refractivity (Wildman–Crippen MR) is 63.6 cm³/mol. The Balaban J connectivity index is 2.34. The zero-order valence-electron chi connectivity index (χ0n) is 7.49. The van der Waals surface area contributed by atoms with Gasteiger partial charge < -0.3 is 4.90 Å². The Morgan fingerprint density at radius 1 is 1.38 bits per heavy atom. The maximum atomic E-state index is 5.27. The van der Waals surface area contributed by atoms with Crippen molar-refractivity contribution >= 4 is 34.0 Å². The van der Waals surface area contributed by atoms with Crippen LogP contribution < -0.4 is 4.90 Å². The highest BCUT2D eigenvalue weighted by Crippen LogP contribution is 2.27. The predicted octanol–water partition coefficient (Wildman–Crippen LogP) is 2.83. The molecule has 0 unspecified atom stereocenters. The zero-order chi connectivity index (χ0) is 9.26. The van der Waals surface area contributed by atoms with Gasteiger partial charge in [0.25, 0.3) is 0 Å². The average molecular weight is 209 g/mol. The van der Waals surface area contributed by atoms with Crippen molar-refractivity contribution in [1.29, 1.82) is 0 Å². The molecule has 1 aromatic rings. The van der Waals surface area contributed by atoms with E-state index in [2.05, 4.69) is 36.1 Å². The van der Waals surface area contributed by atoms with Crippen LogP contribution in [0.5, 0.6) is 0 Å². The summed E-state index contributed by atoms with van der Waals surface area (Å²) in [6, 6.07) is 8.38. The topological polar surface area (TPSA) is 3.24 Å². The highest BCUT2D eigenvalue weighted by atomic mass is 32.2. The molecule has 1 saturated heterocycles. The summed E-state index contributed by atoms with van der Waals surface area (Å²) in [7, 11) is 0. The minimum absolute atomic E-state index is 1.01. The molecule has 0 bridgehead atoms. The molecule has 2 rings (SSSR count). The van der Waals surface area contributed by atoms with Crippen LogP contribution in [0.1, 0.15) is 5.56 Å². The Morgan fingerprint density at radius 2 is 2.15 bits per heavy atom. The molecule has 1 aromatic carbocycles. The number of rotatable bonds is 1. The lowest BCUT2D eigenvalue weighted by molar-refractivity contribution is 1.10. The van der Waals surface area contributed by atoms with Crippen LogP contribution in [0.25, 0.3) is 0 Å². The van der Waals surface area contributed by atoms with Gasteiger partial charge in [0.2, 0.25) is 0 Å². The van der Waals surface area contributed by atoms with Crippen LogP contribution in [0, 0.1) is 6.92 Å². The van der Waals surface area contributed by atoms with E-state index in [9.17, 15) is 0 Å². The average Bonchev–Trinajstić information content (AvgIpc) is 2.52. The summed E-state index contributed by atoms with van der Waals surface area (Å²) in [5, 5.41) is 0. The van der Waals surface area contributed by atoms with E-state index < -0.39 is 0 Å². The minimum Gasteiger partial charge on any atom is -0.326 e. The fourth-order valence-electron chi connectivity index (χ4n) is 1.48. The van der Waals surface area contributed by atoms with Crippen molar-refractivity contribution in [3.8, 4) is 0 Å². The molecule has 1 aliphatic rings. The molecule has 0 N–H and O–H groups in total. The summed E-state index contributed by atoms with van der Waals surface area (Å²) in [5.74, 6) is 1.12. The molecule has 1 fully saturated rings. The van der Waals surface area contributed by atoms with E-state index in [4.69, 9.17) is 12.2 Å². The van der Waals surface area contributed by atoms with E-state index in [1.54, 1.807) is 11.8 Å². The highest BCUT2D eigenvalue weighted by molar-refractivity contribution is 8.23. The van der Waals surface area contributed by atoms with Gasteiger partial charge >= 0.3 is 0 Å². The van der Waals surface area contributed by atoms with E-state index >= 15 is 0 Å². The van der Waals surface area contributed by atoms with Crippen LogP contribution in [0.4, 0.5) is 5.69 Å². The molecule has 0 aliphatic carbocycles. The van der Waals surface area contributed by atoms with Crippen molar-refractivity contribution in [2.45, 2.75) is 6.92 Å². The van der Waals surface area contributed by atoms with E-state index in [-0.39, 0.29) is 0 Å². The van der Waals surface area contributed by atoms with Gasteiger partial charge in [-0.25, -0.2) is 0 Å². The lowest BCUT2D eigenvalue weighted by Gasteiger charge is -2.18. The van der Waals surface area contributed by atoms with Gasteiger partial charge in [0.05, 0.1) is 0 Å². The largest absolute Gasteiger partial charge is 0.326 e. The molecule has 3 heteroatoms. The minimum atomic E-state index is 1.01. The Labute approximate surface area is 88.1 Å². The van der Waals surface area contributed by atoms with Crippen LogP contribution in [-0.4, -0.2) is 16.6 Å². The number of para-hydroxylation sites is 1. The van der Waals surface area contributed by atoms with E-state index in [0.29, 0.717) is 0 Å². The van der Waals surface area contributed by atoms with Crippen LogP contribution in [0.15, 0.2) is 24.3 Å². The van der Waals surface area contributed by atoms with Gasteiger partial charge in [0.15, 0.2) is 0 Å². The third-order valence-corrected chi connectivity index (χ3v) is 3.60. The quantitative estimate of drug-likeness (QED) is 0.655. The normalized spacial score (nSPS) is 16.7. The van der Waals surface area contributed by atoms with Crippen molar-refractivity contribution in [2.75, 3.05) is 17.2 Å². The zero-order valence-corrected chi connectivity index (χ0v) is 9.12. The highest BCUT2D eigenvalue weighted by Gasteiger charge is 2.19. The number of thiocarbonyl (C=S) groups is 1. The molecule has 0 amide bonds. The summed E-state index contributed by atoms with van der Waals surface area (Å²) in [4.78, 5) is 2.22. The molecule has 0 spiro atoms. The second-order valence-corrected chi connectivity index (χ2v) is 4.78. The molecule has 0 aromatic heterocycles. The van der Waals surface area contributed by atoms with Gasteiger partial charge in [-0.05, 0) is 18.6 Å². The van der Waals surface area contributed by atoms with Gasteiger partial charge in [0.1, 0.15) is 4.32 Å². The Kier molecular flexibility index (Phi) is 2.56. The third-order valence-electron chi connectivity index (χ3n) is 2.17. The summed E-state index contributed by atoms with van der Waals surface area (Å²) >= 11 is 7.04. The molecule has 13 heavy (non-hydrogen) atoms. The third kappa shape index (κ3) is 1.71. The summed E-state index contributed by atoms with van der Waals surface area (Å²) in [5.41, 5.74) is 2.56. The second kappa shape index (κ2) is 3.68. The molecule has 1 nitrogen and oxygen atoms in total. The van der Waals surface area contributed by atoms with Gasteiger partial charge in [-0.1, -0.05) is 42.2 Å². The number of thioether (sulfide) groups is 1. The van der Waals surface area contributed by atoms with Crippen molar-refractivity contribution < 1.29 is 0 Å². The number of aryl methyl sites for hydroxylation is 1. The lowest BCUT2D eigenvalue weighted by atomic mass is 10.2. The Hall–Kier alpha value is -0.540. The Bertz CT molecular complexity index is 335. The summed E-state index contributed by atoms with van der Waals surface area (Å²) in [6.45, 7) is 3.18. The van der Waals surface area contributed by atoms with Gasteiger partial charge in [-0.2, -0.15) is 0 Å². The standard InChI is InChI=1S/C10H11NS2/c1-8-4-2-3-5-9(8)11-6-7-13-10(11)12/h2-5H,6-7H2,1H3. The molecule has 1 heterocycles. The van der Waals surface area contributed by atoms with Crippen LogP contribution in [0.2, 0.25) is 0 Å². The molecule has 1 aliphatic heterocycles. The molecule has 68 valence electrons. The van der Waals surface area contributed by atoms with Crippen molar-refractivity contribution in [3.63, 3.8) is 0 Å². The Morgan fingerprint density at radius 3 is 2.77 bits per heavy atom. The van der Waals surface area contributed by atoms with E-state index in [1.165, 1.54) is 11.3 Å². The molecule has 0 radical (unpaired) electrons. The van der Waals surface area contributed by atoms with E-state index in [0.717, 1.165) is 16.6 Å². The van der Waals surface area contributed by atoms with Crippen molar-refractivity contribution in [1.82, 2.24) is 0 Å². The number of hydrogen-bond donors (Lipinski definition) is 0. The smallest absolute Gasteiger partial charge is 0.140 e.